The Morgan fingerprint density at radius 2 is 1.82 bits per heavy atom. The zero-order chi connectivity index (χ0) is 28.5. The molecule has 0 radical (unpaired) electrons. The maximum atomic E-state index is 13.6. The van der Waals surface area contributed by atoms with Gasteiger partial charge in [0.05, 0.1) is 17.0 Å². The van der Waals surface area contributed by atoms with E-state index in [2.05, 4.69) is 10.3 Å². The maximum Gasteiger partial charge on any atom is 0.340 e. The molecule has 3 aromatic carbocycles. The molecule has 4 aromatic rings. The third-order valence-electron chi connectivity index (χ3n) is 6.39. The zero-order valence-electron chi connectivity index (χ0n) is 23.5. The van der Waals surface area contributed by atoms with Gasteiger partial charge in [0.15, 0.2) is 5.43 Å². The molecule has 0 saturated heterocycles. The summed E-state index contributed by atoms with van der Waals surface area (Å²) in [5.41, 5.74) is 11.3. The minimum absolute atomic E-state index is 0.0971. The normalized spacial score (nSPS) is 12.6. The highest BCUT2D eigenvalue weighted by molar-refractivity contribution is 5.96. The number of ether oxygens (including phenoxy) is 1. The third kappa shape index (κ3) is 5.87. The van der Waals surface area contributed by atoms with Gasteiger partial charge in [0.2, 0.25) is 0 Å². The molecule has 7 nitrogen and oxygen atoms in total. The van der Waals surface area contributed by atoms with Gasteiger partial charge in [0, 0.05) is 46.9 Å². The number of fused-ring (bicyclic) bond motifs is 1. The van der Waals surface area contributed by atoms with Crippen molar-refractivity contribution in [2.75, 3.05) is 18.1 Å². The molecule has 3 N–H and O–H groups in total. The summed E-state index contributed by atoms with van der Waals surface area (Å²) in [4.78, 5) is 30.6. The van der Waals surface area contributed by atoms with E-state index in [0.717, 1.165) is 22.3 Å². The molecule has 0 aliphatic carbocycles. The van der Waals surface area contributed by atoms with Gasteiger partial charge in [0.1, 0.15) is 16.9 Å². The predicted molar refractivity (Wildman–Crippen MR) is 159 cm³/mol. The van der Waals surface area contributed by atoms with E-state index in [0.29, 0.717) is 39.2 Å². The quantitative estimate of drug-likeness (QED) is 0.162. The van der Waals surface area contributed by atoms with Gasteiger partial charge in [-0.05, 0) is 83.5 Å². The van der Waals surface area contributed by atoms with Crippen LogP contribution < -0.4 is 16.5 Å². The fraction of sp³-hybridized carbons (Fsp3) is 0.281. The smallest absolute Gasteiger partial charge is 0.340 e. The number of nitrogen functional groups attached to an aromatic ring is 1. The lowest BCUT2D eigenvalue weighted by atomic mass is 9.98. The summed E-state index contributed by atoms with van der Waals surface area (Å²) < 4.78 is 12.1. The second kappa shape index (κ2) is 10.8. The highest BCUT2D eigenvalue weighted by atomic mass is 16.6. The summed E-state index contributed by atoms with van der Waals surface area (Å²) >= 11 is 0. The van der Waals surface area contributed by atoms with Crippen molar-refractivity contribution in [1.29, 1.82) is 0 Å². The molecule has 0 fully saturated rings. The van der Waals surface area contributed by atoms with E-state index >= 15 is 0 Å². The first-order valence-corrected chi connectivity index (χ1v) is 12.9. The lowest BCUT2D eigenvalue weighted by molar-refractivity contribution is 0.00706. The summed E-state index contributed by atoms with van der Waals surface area (Å²) in [5.74, 6) is 0.0656. The standard InChI is InChI=1S/C32H35N3O4/c1-18-14-24(20(3)35-27-11-9-8-10-23(27)31(37)39-32(4,5)6)30-25(15-18)28(36)19(2)29(38-30)21-12-13-26(33)22(16-21)17-34-7/h8-17,20,35H,33H2,1-7H3. The minimum atomic E-state index is -0.620. The molecule has 1 aromatic heterocycles. The number of rotatable bonds is 6. The Morgan fingerprint density at radius 1 is 1.10 bits per heavy atom. The van der Waals surface area contributed by atoms with Crippen molar-refractivity contribution in [1.82, 2.24) is 0 Å². The number of anilines is 2. The Labute approximate surface area is 228 Å². The van der Waals surface area contributed by atoms with Crippen LogP contribution in [0.3, 0.4) is 0 Å². The van der Waals surface area contributed by atoms with Gasteiger partial charge in [-0.1, -0.05) is 18.2 Å². The molecule has 0 saturated carbocycles. The molecule has 7 heteroatoms. The Balaban J connectivity index is 1.83. The van der Waals surface area contributed by atoms with Crippen LogP contribution in [0.2, 0.25) is 0 Å². The Morgan fingerprint density at radius 3 is 2.51 bits per heavy atom. The van der Waals surface area contributed by atoms with Gasteiger partial charge in [-0.3, -0.25) is 9.79 Å². The number of esters is 1. The van der Waals surface area contributed by atoms with E-state index in [1.54, 1.807) is 38.4 Å². The van der Waals surface area contributed by atoms with Crippen LogP contribution in [0, 0.1) is 13.8 Å². The number of aryl methyl sites for hydroxylation is 1. The largest absolute Gasteiger partial charge is 0.456 e. The van der Waals surface area contributed by atoms with Crippen molar-refractivity contribution in [2.24, 2.45) is 4.99 Å². The van der Waals surface area contributed by atoms with E-state index in [1.807, 2.05) is 71.0 Å². The first-order chi connectivity index (χ1) is 18.4. The van der Waals surface area contributed by atoms with Gasteiger partial charge in [0.25, 0.3) is 0 Å². The number of hydrogen-bond donors (Lipinski definition) is 2. The molecule has 0 amide bonds. The Kier molecular flexibility index (Phi) is 7.63. The molecule has 0 bridgehead atoms. The van der Waals surface area contributed by atoms with Gasteiger partial charge in [-0.15, -0.1) is 0 Å². The SMILES string of the molecule is CN=Cc1cc(-c2oc3c(C(C)Nc4ccccc4C(=O)OC(C)(C)C)cc(C)cc3c(=O)c2C)ccc1N. The predicted octanol–water partition coefficient (Wildman–Crippen LogP) is 6.84. The molecule has 0 spiro atoms. The molecular weight excluding hydrogens is 490 g/mol. The van der Waals surface area contributed by atoms with Crippen molar-refractivity contribution >= 4 is 34.5 Å². The van der Waals surface area contributed by atoms with Crippen LogP contribution in [0.5, 0.6) is 0 Å². The van der Waals surface area contributed by atoms with Gasteiger partial charge in [-0.2, -0.15) is 0 Å². The van der Waals surface area contributed by atoms with Crippen LogP contribution >= 0.6 is 0 Å². The number of aliphatic imine (C=N–C) groups is 1. The van der Waals surface area contributed by atoms with Crippen molar-refractivity contribution < 1.29 is 13.9 Å². The van der Waals surface area contributed by atoms with Crippen molar-refractivity contribution in [3.63, 3.8) is 0 Å². The highest BCUT2D eigenvalue weighted by Gasteiger charge is 2.23. The van der Waals surface area contributed by atoms with Gasteiger partial charge >= 0.3 is 5.97 Å². The first kappa shape index (κ1) is 27.6. The number of carbonyl (C=O) groups excluding carboxylic acids is 1. The number of hydrogen-bond acceptors (Lipinski definition) is 7. The molecule has 0 aliphatic rings. The number of nitrogens with two attached hydrogens (primary N) is 1. The van der Waals surface area contributed by atoms with Crippen molar-refractivity contribution in [2.45, 2.75) is 53.2 Å². The van der Waals surface area contributed by atoms with E-state index < -0.39 is 11.6 Å². The fourth-order valence-electron chi connectivity index (χ4n) is 4.56. The van der Waals surface area contributed by atoms with Crippen LogP contribution in [0.1, 0.15) is 66.3 Å². The minimum Gasteiger partial charge on any atom is -0.456 e. The first-order valence-electron chi connectivity index (χ1n) is 12.9. The second-order valence-corrected chi connectivity index (χ2v) is 10.8. The summed E-state index contributed by atoms with van der Waals surface area (Å²) in [7, 11) is 1.68. The monoisotopic (exact) mass is 525 g/mol. The molecule has 202 valence electrons. The molecular formula is C32H35N3O4. The molecule has 1 heterocycles. The Hall–Kier alpha value is -4.39. The molecule has 39 heavy (non-hydrogen) atoms. The average molecular weight is 526 g/mol. The van der Waals surface area contributed by atoms with Crippen molar-refractivity contribution in [3.05, 3.63) is 92.6 Å². The van der Waals surface area contributed by atoms with E-state index in [-0.39, 0.29) is 11.5 Å². The maximum absolute atomic E-state index is 13.6. The van der Waals surface area contributed by atoms with Crippen LogP contribution in [0.25, 0.3) is 22.3 Å². The summed E-state index contributed by atoms with van der Waals surface area (Å²) in [5, 5.41) is 3.95. The second-order valence-electron chi connectivity index (χ2n) is 10.8. The lowest BCUT2D eigenvalue weighted by Gasteiger charge is -2.23. The number of benzene rings is 3. The van der Waals surface area contributed by atoms with Gasteiger partial charge in [-0.25, -0.2) is 4.79 Å². The van der Waals surface area contributed by atoms with E-state index in [9.17, 15) is 9.59 Å². The average Bonchev–Trinajstić information content (AvgIpc) is 2.87. The molecule has 1 unspecified atom stereocenters. The van der Waals surface area contributed by atoms with Gasteiger partial charge < -0.3 is 20.2 Å². The lowest BCUT2D eigenvalue weighted by Crippen LogP contribution is -2.24. The molecule has 1 atom stereocenters. The number of nitrogens with one attached hydrogen (secondary N) is 1. The molecule has 0 aliphatic heterocycles. The number of nitrogens with zero attached hydrogens (tertiary/aromatic N) is 1. The summed E-state index contributed by atoms with van der Waals surface area (Å²) in [6.07, 6.45) is 1.68. The zero-order valence-corrected chi connectivity index (χ0v) is 23.5. The highest BCUT2D eigenvalue weighted by Crippen LogP contribution is 2.33. The molecule has 4 rings (SSSR count). The van der Waals surface area contributed by atoms with Crippen LogP contribution in [-0.2, 0) is 4.74 Å². The Bertz CT molecular complexity index is 1640. The van der Waals surface area contributed by atoms with Crippen LogP contribution in [-0.4, -0.2) is 24.8 Å². The van der Waals surface area contributed by atoms with Crippen molar-refractivity contribution in [3.8, 4) is 11.3 Å². The van der Waals surface area contributed by atoms with Crippen LogP contribution in [0.4, 0.5) is 11.4 Å². The fourth-order valence-corrected chi connectivity index (χ4v) is 4.56. The number of para-hydroxylation sites is 1. The summed E-state index contributed by atoms with van der Waals surface area (Å²) in [6, 6.07) is 16.3. The third-order valence-corrected chi connectivity index (χ3v) is 6.39. The number of carbonyl (C=O) groups is 1. The topological polar surface area (TPSA) is 107 Å². The van der Waals surface area contributed by atoms with Crippen LogP contribution in [0.15, 0.2) is 68.8 Å². The van der Waals surface area contributed by atoms with E-state index in [1.165, 1.54) is 0 Å². The summed E-state index contributed by atoms with van der Waals surface area (Å²) in [6.45, 7) is 11.2. The van der Waals surface area contributed by atoms with E-state index in [4.69, 9.17) is 14.9 Å².